The van der Waals surface area contributed by atoms with E-state index in [1.807, 2.05) is 4.57 Å². The van der Waals surface area contributed by atoms with Crippen molar-refractivity contribution in [1.29, 1.82) is 0 Å². The van der Waals surface area contributed by atoms with Gasteiger partial charge in [0.15, 0.2) is 9.04 Å². The zero-order valence-electron chi connectivity index (χ0n) is 25.5. The Labute approximate surface area is 242 Å². The fraction of sp³-hybridized carbons (Fsp3) is 0.500. The summed E-state index contributed by atoms with van der Waals surface area (Å²) in [5, 5.41) is 0.162. The molecule has 0 aliphatic heterocycles. The SMILES string of the molecule is CCOC(=O)c1cn([C@H](C(O[SiH](C)C)C(C)(C)C)C(C)(C)C)c2cc(F)c(CCc3ccc(F)cc3F)cc2c1=O. The van der Waals surface area contributed by atoms with Crippen LogP contribution in [0.5, 0.6) is 0 Å². The maximum absolute atomic E-state index is 15.7. The summed E-state index contributed by atoms with van der Waals surface area (Å²) >= 11 is 0. The van der Waals surface area contributed by atoms with E-state index in [4.69, 9.17) is 9.16 Å². The summed E-state index contributed by atoms with van der Waals surface area (Å²) in [5.41, 5.74) is -0.707. The summed E-state index contributed by atoms with van der Waals surface area (Å²) in [7, 11) is -1.55. The fourth-order valence-corrected chi connectivity index (χ4v) is 6.39. The number of fused-ring (bicyclic) bond motifs is 1. The van der Waals surface area contributed by atoms with Crippen molar-refractivity contribution < 1.29 is 27.1 Å². The molecule has 0 N–H and O–H groups in total. The number of rotatable bonds is 9. The molecule has 3 aromatic rings. The number of aryl methyl sites for hydroxylation is 2. The molecule has 5 nitrogen and oxygen atoms in total. The van der Waals surface area contributed by atoms with Crippen molar-refractivity contribution in [2.24, 2.45) is 10.8 Å². The standard InChI is InChI=1S/C32H42F3NO4Si/c1-10-39-30(38)23-18-36(28(31(2,3)4)29(32(5,6)7)40-41(8)9)26-17-25(35)20(15-22(26)27(23)37)12-11-19-13-14-21(33)16-24(19)34/h13-18,28-29,41H,10-12H2,1-9H3/t28-,29?/m1/s1. The van der Waals surface area contributed by atoms with Crippen LogP contribution in [0, 0.1) is 28.3 Å². The Bertz CT molecular complexity index is 1470. The number of nitrogens with zero attached hydrogens (tertiary/aromatic N) is 1. The van der Waals surface area contributed by atoms with E-state index in [-0.39, 0.29) is 59.1 Å². The molecule has 0 aliphatic carbocycles. The lowest BCUT2D eigenvalue weighted by Gasteiger charge is -2.46. The van der Waals surface area contributed by atoms with E-state index in [2.05, 4.69) is 54.6 Å². The van der Waals surface area contributed by atoms with Crippen LogP contribution in [0.4, 0.5) is 13.2 Å². The van der Waals surface area contributed by atoms with Crippen molar-refractivity contribution in [2.45, 2.75) is 86.5 Å². The van der Waals surface area contributed by atoms with Crippen LogP contribution in [0.1, 0.15) is 76.0 Å². The van der Waals surface area contributed by atoms with Crippen LogP contribution in [0.25, 0.3) is 10.9 Å². The first-order valence-corrected chi connectivity index (χ1v) is 16.9. The second-order valence-electron chi connectivity index (χ2n) is 13.0. The van der Waals surface area contributed by atoms with Crippen LogP contribution in [-0.4, -0.2) is 32.3 Å². The van der Waals surface area contributed by atoms with E-state index < -0.39 is 43.3 Å². The highest BCUT2D eigenvalue weighted by Gasteiger charge is 2.42. The predicted octanol–water partition coefficient (Wildman–Crippen LogP) is 7.38. The van der Waals surface area contributed by atoms with Crippen molar-refractivity contribution in [3.05, 3.63) is 80.9 Å². The van der Waals surface area contributed by atoms with Crippen LogP contribution >= 0.6 is 0 Å². The van der Waals surface area contributed by atoms with Gasteiger partial charge < -0.3 is 13.7 Å². The lowest BCUT2D eigenvalue weighted by Crippen LogP contribution is -2.46. The summed E-state index contributed by atoms with van der Waals surface area (Å²) in [4.78, 5) is 26.7. The number of benzene rings is 2. The zero-order chi connectivity index (χ0) is 30.9. The van der Waals surface area contributed by atoms with Gasteiger partial charge in [-0.25, -0.2) is 18.0 Å². The lowest BCUT2D eigenvalue weighted by atomic mass is 9.74. The number of hydrogen-bond donors (Lipinski definition) is 0. The Morgan fingerprint density at radius 2 is 1.54 bits per heavy atom. The molecule has 0 spiro atoms. The number of halogens is 3. The molecule has 0 bridgehead atoms. The topological polar surface area (TPSA) is 57.5 Å². The van der Waals surface area contributed by atoms with Crippen LogP contribution in [-0.2, 0) is 22.0 Å². The third kappa shape index (κ3) is 7.49. The van der Waals surface area contributed by atoms with Gasteiger partial charge in [-0.2, -0.15) is 0 Å². The number of carbonyl (C=O) groups is 1. The molecule has 0 amide bonds. The number of pyridine rings is 1. The molecule has 0 fully saturated rings. The predicted molar refractivity (Wildman–Crippen MR) is 160 cm³/mol. The average Bonchev–Trinajstić information content (AvgIpc) is 2.83. The molecule has 0 aliphatic rings. The first-order chi connectivity index (χ1) is 18.9. The Kier molecular flexibility index (Phi) is 9.96. The maximum atomic E-state index is 15.7. The smallest absolute Gasteiger partial charge is 0.343 e. The van der Waals surface area contributed by atoms with Gasteiger partial charge in [-0.05, 0) is 73.0 Å². The molecule has 1 unspecified atom stereocenters. The summed E-state index contributed by atoms with van der Waals surface area (Å²) in [6.45, 7) is 18.3. The summed E-state index contributed by atoms with van der Waals surface area (Å²) < 4.78 is 57.0. The number of esters is 1. The van der Waals surface area contributed by atoms with Gasteiger partial charge >= 0.3 is 5.97 Å². The molecule has 2 atom stereocenters. The quantitative estimate of drug-likeness (QED) is 0.193. The van der Waals surface area contributed by atoms with Crippen molar-refractivity contribution in [1.82, 2.24) is 4.57 Å². The van der Waals surface area contributed by atoms with E-state index >= 15 is 4.39 Å². The maximum Gasteiger partial charge on any atom is 0.343 e. The molecule has 41 heavy (non-hydrogen) atoms. The first-order valence-electron chi connectivity index (χ1n) is 14.1. The Morgan fingerprint density at radius 3 is 2.07 bits per heavy atom. The monoisotopic (exact) mass is 589 g/mol. The second-order valence-corrected chi connectivity index (χ2v) is 15.3. The van der Waals surface area contributed by atoms with Crippen molar-refractivity contribution in [2.75, 3.05) is 6.61 Å². The number of aromatic nitrogens is 1. The molecule has 2 aromatic carbocycles. The summed E-state index contributed by atoms with van der Waals surface area (Å²) in [5.74, 6) is -2.72. The Balaban J connectivity index is 2.31. The zero-order valence-corrected chi connectivity index (χ0v) is 26.7. The van der Waals surface area contributed by atoms with Crippen LogP contribution in [0.15, 0.2) is 41.3 Å². The molecule has 224 valence electrons. The average molecular weight is 590 g/mol. The van der Waals surface area contributed by atoms with Crippen molar-refractivity contribution >= 4 is 25.9 Å². The van der Waals surface area contributed by atoms with Crippen LogP contribution in [0.2, 0.25) is 13.1 Å². The second kappa shape index (κ2) is 12.5. The molecule has 3 rings (SSSR count). The molecule has 9 heteroatoms. The minimum Gasteiger partial charge on any atom is -0.462 e. The molecule has 0 saturated carbocycles. The van der Waals surface area contributed by atoms with Gasteiger partial charge in [0, 0.05) is 17.6 Å². The summed E-state index contributed by atoms with van der Waals surface area (Å²) in [6, 6.07) is 5.64. The molecule has 1 heterocycles. The van der Waals surface area contributed by atoms with Crippen LogP contribution < -0.4 is 5.43 Å². The molecule has 0 saturated heterocycles. The lowest BCUT2D eigenvalue weighted by molar-refractivity contribution is -0.00443. The van der Waals surface area contributed by atoms with Gasteiger partial charge in [0.2, 0.25) is 5.43 Å². The largest absolute Gasteiger partial charge is 0.462 e. The molecular weight excluding hydrogens is 547 g/mol. The normalized spacial score (nSPS) is 14.0. The Hall–Kier alpha value is -2.91. The van der Waals surface area contributed by atoms with E-state index in [1.165, 1.54) is 24.4 Å². The third-order valence-electron chi connectivity index (χ3n) is 7.12. The highest BCUT2D eigenvalue weighted by molar-refractivity contribution is 6.48. The van der Waals surface area contributed by atoms with Crippen LogP contribution in [0.3, 0.4) is 0 Å². The summed E-state index contributed by atoms with van der Waals surface area (Å²) in [6.07, 6.45) is 1.33. The highest BCUT2D eigenvalue weighted by Crippen LogP contribution is 2.43. The van der Waals surface area contributed by atoms with E-state index in [0.29, 0.717) is 5.52 Å². The van der Waals surface area contributed by atoms with Gasteiger partial charge in [-0.3, -0.25) is 4.79 Å². The van der Waals surface area contributed by atoms with E-state index in [0.717, 1.165) is 12.1 Å². The van der Waals surface area contributed by atoms with Gasteiger partial charge in [-0.15, -0.1) is 0 Å². The fourth-order valence-electron chi connectivity index (χ4n) is 5.25. The number of hydrogen-bond acceptors (Lipinski definition) is 4. The van der Waals surface area contributed by atoms with Gasteiger partial charge in [0.1, 0.15) is 23.0 Å². The highest BCUT2D eigenvalue weighted by atomic mass is 28.3. The first kappa shape index (κ1) is 32.6. The van der Waals surface area contributed by atoms with E-state index in [1.54, 1.807) is 6.92 Å². The van der Waals surface area contributed by atoms with Crippen molar-refractivity contribution in [3.63, 3.8) is 0 Å². The number of ether oxygens (including phenoxy) is 1. The number of carbonyl (C=O) groups excluding carboxylic acids is 1. The molecule has 0 radical (unpaired) electrons. The minimum absolute atomic E-state index is 0.0722. The minimum atomic E-state index is -1.55. The molecular formula is C32H42F3NO4Si. The van der Waals surface area contributed by atoms with Gasteiger partial charge in [0.05, 0.1) is 24.3 Å². The van der Waals surface area contributed by atoms with Gasteiger partial charge in [0.25, 0.3) is 0 Å². The third-order valence-corrected chi connectivity index (χ3v) is 7.96. The Morgan fingerprint density at radius 1 is 0.927 bits per heavy atom. The van der Waals surface area contributed by atoms with E-state index in [9.17, 15) is 18.4 Å². The van der Waals surface area contributed by atoms with Crippen molar-refractivity contribution in [3.8, 4) is 0 Å². The molecule has 1 aromatic heterocycles. The van der Waals surface area contributed by atoms with Gasteiger partial charge in [-0.1, -0.05) is 47.6 Å².